The SMILES string of the molecule is Cl.O=S(=O)(NC1CC2CCC(C1)N2)c1ccc(F)cc1F. The molecule has 2 unspecified atom stereocenters. The molecule has 2 bridgehead atoms. The maximum Gasteiger partial charge on any atom is 0.243 e. The third kappa shape index (κ3) is 3.53. The average molecular weight is 339 g/mol. The molecule has 0 radical (unpaired) electrons. The fourth-order valence-corrected chi connectivity index (χ4v) is 4.45. The topological polar surface area (TPSA) is 58.2 Å². The third-order valence-corrected chi connectivity index (χ3v) is 5.53. The van der Waals surface area contributed by atoms with E-state index in [0.717, 1.165) is 25.0 Å². The van der Waals surface area contributed by atoms with Gasteiger partial charge >= 0.3 is 0 Å². The molecule has 2 saturated heterocycles. The molecule has 118 valence electrons. The Balaban J connectivity index is 0.00000161. The van der Waals surface area contributed by atoms with E-state index in [0.29, 0.717) is 31.0 Å². The van der Waals surface area contributed by atoms with Gasteiger partial charge in [0.05, 0.1) is 0 Å². The predicted molar refractivity (Wildman–Crippen MR) is 76.9 cm³/mol. The molecule has 2 aliphatic heterocycles. The molecular formula is C13H17ClF2N2O2S. The summed E-state index contributed by atoms with van der Waals surface area (Å²) in [4.78, 5) is -0.496. The molecular weight excluding hydrogens is 322 g/mol. The van der Waals surface area contributed by atoms with Crippen LogP contribution in [0.3, 0.4) is 0 Å². The van der Waals surface area contributed by atoms with E-state index in [4.69, 9.17) is 0 Å². The number of hydrogen-bond acceptors (Lipinski definition) is 3. The van der Waals surface area contributed by atoms with Gasteiger partial charge in [-0.3, -0.25) is 0 Å². The van der Waals surface area contributed by atoms with Crippen LogP contribution in [0.15, 0.2) is 23.1 Å². The summed E-state index contributed by atoms with van der Waals surface area (Å²) in [6, 6.07) is 2.97. The number of fused-ring (bicyclic) bond motifs is 2. The molecule has 21 heavy (non-hydrogen) atoms. The lowest BCUT2D eigenvalue weighted by atomic mass is 10.0. The Morgan fingerprint density at radius 3 is 2.33 bits per heavy atom. The summed E-state index contributed by atoms with van der Waals surface area (Å²) >= 11 is 0. The second kappa shape index (κ2) is 6.16. The van der Waals surface area contributed by atoms with E-state index >= 15 is 0 Å². The van der Waals surface area contributed by atoms with Crippen LogP contribution < -0.4 is 10.0 Å². The van der Waals surface area contributed by atoms with Crippen LogP contribution in [0.25, 0.3) is 0 Å². The van der Waals surface area contributed by atoms with Crippen LogP contribution in [0, 0.1) is 11.6 Å². The molecule has 2 atom stereocenters. The lowest BCUT2D eigenvalue weighted by molar-refractivity contribution is 0.345. The molecule has 3 rings (SSSR count). The van der Waals surface area contributed by atoms with Crippen LogP contribution in [0.4, 0.5) is 8.78 Å². The van der Waals surface area contributed by atoms with Crippen molar-refractivity contribution in [3.8, 4) is 0 Å². The van der Waals surface area contributed by atoms with Gasteiger partial charge in [0.25, 0.3) is 0 Å². The quantitative estimate of drug-likeness (QED) is 0.885. The summed E-state index contributed by atoms with van der Waals surface area (Å²) in [5.74, 6) is -1.85. The lowest BCUT2D eigenvalue weighted by Gasteiger charge is -2.29. The first-order chi connectivity index (χ1) is 9.44. The van der Waals surface area contributed by atoms with E-state index in [-0.39, 0.29) is 18.4 Å². The molecule has 8 heteroatoms. The van der Waals surface area contributed by atoms with E-state index in [1.807, 2.05) is 0 Å². The van der Waals surface area contributed by atoms with E-state index in [1.165, 1.54) is 0 Å². The molecule has 0 aromatic heterocycles. The number of sulfonamides is 1. The van der Waals surface area contributed by atoms with Crippen molar-refractivity contribution >= 4 is 22.4 Å². The number of halogens is 3. The Hall–Kier alpha value is -0.760. The van der Waals surface area contributed by atoms with Gasteiger partial charge in [0.15, 0.2) is 0 Å². The first kappa shape index (κ1) is 16.6. The van der Waals surface area contributed by atoms with Crippen LogP contribution in [0.2, 0.25) is 0 Å². The van der Waals surface area contributed by atoms with Gasteiger partial charge < -0.3 is 5.32 Å². The summed E-state index contributed by atoms with van der Waals surface area (Å²) in [5, 5.41) is 3.41. The number of piperidine rings is 1. The van der Waals surface area contributed by atoms with Crippen LogP contribution in [-0.4, -0.2) is 26.5 Å². The van der Waals surface area contributed by atoms with Crippen LogP contribution in [-0.2, 0) is 10.0 Å². The van der Waals surface area contributed by atoms with E-state index in [2.05, 4.69) is 10.0 Å². The van der Waals surface area contributed by atoms with Crippen molar-refractivity contribution in [2.75, 3.05) is 0 Å². The van der Waals surface area contributed by atoms with Gasteiger partial charge in [0.1, 0.15) is 16.5 Å². The van der Waals surface area contributed by atoms with Crippen molar-refractivity contribution < 1.29 is 17.2 Å². The molecule has 1 aromatic rings. The van der Waals surface area contributed by atoms with Gasteiger partial charge in [0, 0.05) is 24.2 Å². The van der Waals surface area contributed by atoms with Crippen molar-refractivity contribution in [3.05, 3.63) is 29.8 Å². The molecule has 0 spiro atoms. The molecule has 0 aliphatic carbocycles. The Labute approximate surface area is 128 Å². The highest BCUT2D eigenvalue weighted by Gasteiger charge is 2.35. The Bertz CT molecular complexity index is 615. The molecule has 2 aliphatic rings. The molecule has 0 amide bonds. The summed E-state index contributed by atoms with van der Waals surface area (Å²) in [5.41, 5.74) is 0. The molecule has 2 fully saturated rings. The molecule has 1 aromatic carbocycles. The van der Waals surface area contributed by atoms with Crippen molar-refractivity contribution in [1.29, 1.82) is 0 Å². The van der Waals surface area contributed by atoms with Crippen LogP contribution in [0.1, 0.15) is 25.7 Å². The van der Waals surface area contributed by atoms with E-state index in [1.54, 1.807) is 0 Å². The zero-order chi connectivity index (χ0) is 14.3. The van der Waals surface area contributed by atoms with E-state index in [9.17, 15) is 17.2 Å². The van der Waals surface area contributed by atoms with Gasteiger partial charge in [-0.1, -0.05) is 0 Å². The molecule has 0 saturated carbocycles. The minimum absolute atomic E-state index is 0. The van der Waals surface area contributed by atoms with Crippen molar-refractivity contribution in [2.45, 2.75) is 48.7 Å². The fraction of sp³-hybridized carbons (Fsp3) is 0.538. The van der Waals surface area contributed by atoms with Crippen LogP contribution in [0.5, 0.6) is 0 Å². The second-order valence-corrected chi connectivity index (χ2v) is 7.18. The summed E-state index contributed by atoms with van der Waals surface area (Å²) in [6.07, 6.45) is 3.51. The largest absolute Gasteiger partial charge is 0.311 e. The maximum atomic E-state index is 13.6. The molecule has 2 heterocycles. The van der Waals surface area contributed by atoms with Gasteiger partial charge in [0.2, 0.25) is 10.0 Å². The smallest absolute Gasteiger partial charge is 0.243 e. The number of hydrogen-bond donors (Lipinski definition) is 2. The standard InChI is InChI=1S/C13H16F2N2O2S.ClH/c14-8-1-4-13(12(15)5-8)20(18,19)17-11-6-9-2-3-10(7-11)16-9;/h1,4-5,9-11,16-17H,2-3,6-7H2;1H. The number of benzene rings is 1. The molecule has 4 nitrogen and oxygen atoms in total. The third-order valence-electron chi connectivity index (χ3n) is 3.98. The lowest BCUT2D eigenvalue weighted by Crippen LogP contribution is -2.48. The fourth-order valence-electron chi connectivity index (χ4n) is 3.13. The van der Waals surface area contributed by atoms with Gasteiger partial charge in [-0.15, -0.1) is 12.4 Å². The Morgan fingerprint density at radius 1 is 1.14 bits per heavy atom. The number of rotatable bonds is 3. The van der Waals surface area contributed by atoms with Crippen LogP contribution >= 0.6 is 12.4 Å². The zero-order valence-corrected chi connectivity index (χ0v) is 12.8. The first-order valence-electron chi connectivity index (χ1n) is 6.67. The van der Waals surface area contributed by atoms with Gasteiger partial charge in [-0.25, -0.2) is 21.9 Å². The summed E-state index contributed by atoms with van der Waals surface area (Å²) in [7, 11) is -3.95. The summed E-state index contributed by atoms with van der Waals surface area (Å²) in [6.45, 7) is 0. The van der Waals surface area contributed by atoms with Crippen molar-refractivity contribution in [1.82, 2.24) is 10.0 Å². The maximum absolute atomic E-state index is 13.6. The van der Waals surface area contributed by atoms with Gasteiger partial charge in [-0.05, 0) is 37.8 Å². The Kier molecular flexibility index (Phi) is 4.87. The van der Waals surface area contributed by atoms with Gasteiger partial charge in [-0.2, -0.15) is 0 Å². The highest BCUT2D eigenvalue weighted by atomic mass is 35.5. The highest BCUT2D eigenvalue weighted by molar-refractivity contribution is 7.89. The highest BCUT2D eigenvalue weighted by Crippen LogP contribution is 2.28. The monoisotopic (exact) mass is 338 g/mol. The zero-order valence-electron chi connectivity index (χ0n) is 11.2. The first-order valence-corrected chi connectivity index (χ1v) is 8.16. The summed E-state index contributed by atoms with van der Waals surface area (Å²) < 4.78 is 53.3. The second-order valence-electron chi connectivity index (χ2n) is 5.50. The Morgan fingerprint density at radius 2 is 1.76 bits per heavy atom. The average Bonchev–Trinajstić information content (AvgIpc) is 2.67. The molecule has 2 N–H and O–H groups in total. The van der Waals surface area contributed by atoms with Crippen molar-refractivity contribution in [3.63, 3.8) is 0 Å². The van der Waals surface area contributed by atoms with E-state index < -0.39 is 26.6 Å². The minimum atomic E-state index is -3.95. The normalized spacial score (nSPS) is 28.2. The van der Waals surface area contributed by atoms with Crippen molar-refractivity contribution in [2.24, 2.45) is 0 Å². The number of nitrogens with one attached hydrogen (secondary N) is 2. The predicted octanol–water partition coefficient (Wildman–Crippen LogP) is 1.95. The minimum Gasteiger partial charge on any atom is -0.311 e.